The topological polar surface area (TPSA) is 74.2 Å². The summed E-state index contributed by atoms with van der Waals surface area (Å²) in [7, 11) is 4.53. The van der Waals surface area contributed by atoms with E-state index in [4.69, 9.17) is 14.2 Å². The van der Waals surface area contributed by atoms with E-state index in [2.05, 4.69) is 25.5 Å². The van der Waals surface area contributed by atoms with Crippen molar-refractivity contribution in [2.75, 3.05) is 27.9 Å². The lowest BCUT2D eigenvalue weighted by Gasteiger charge is -2.33. The Hall–Kier alpha value is -3.42. The van der Waals surface area contributed by atoms with Crippen LogP contribution in [0.4, 0.5) is 4.39 Å². The predicted octanol–water partition coefficient (Wildman–Crippen LogP) is 6.45. The van der Waals surface area contributed by atoms with Gasteiger partial charge in [-0.3, -0.25) is 4.79 Å². The third kappa shape index (κ3) is 7.11. The van der Waals surface area contributed by atoms with E-state index >= 15 is 4.39 Å². The Morgan fingerprint density at radius 3 is 2.42 bits per heavy atom. The van der Waals surface area contributed by atoms with Crippen LogP contribution in [0.15, 0.2) is 60.7 Å². The molecule has 0 saturated heterocycles. The molecule has 0 fully saturated rings. The molecule has 0 heterocycles. The maximum atomic E-state index is 15.0. The average molecular weight is 525 g/mol. The summed E-state index contributed by atoms with van der Waals surface area (Å²) in [5, 5.41) is 10.3. The highest BCUT2D eigenvalue weighted by atomic mass is 19.1. The average Bonchev–Trinajstić information content (AvgIpc) is 2.91. The quantitative estimate of drug-likeness (QED) is 0.274. The molecule has 0 aliphatic carbocycles. The minimum absolute atomic E-state index is 0.0276. The Labute approximate surface area is 224 Å². The number of hydrogen-bond donors (Lipinski definition) is 1. The molecule has 0 aliphatic heterocycles. The van der Waals surface area contributed by atoms with Gasteiger partial charge >= 0.3 is 5.97 Å². The van der Waals surface area contributed by atoms with Crippen molar-refractivity contribution >= 4 is 5.97 Å². The molecular formula is C31H37FO6. The molecule has 7 heteroatoms. The van der Waals surface area contributed by atoms with Gasteiger partial charge in [-0.25, -0.2) is 4.39 Å². The smallest absolute Gasteiger partial charge is 0.308 e. The van der Waals surface area contributed by atoms with Crippen LogP contribution in [-0.2, 0) is 20.9 Å². The molecule has 1 unspecified atom stereocenters. The van der Waals surface area contributed by atoms with Gasteiger partial charge in [0.25, 0.3) is 0 Å². The summed E-state index contributed by atoms with van der Waals surface area (Å²) in [6.45, 7) is 7.17. The van der Waals surface area contributed by atoms with Gasteiger partial charge in [0.15, 0.2) is 0 Å². The van der Waals surface area contributed by atoms with Crippen LogP contribution in [0.3, 0.4) is 0 Å². The molecule has 0 bridgehead atoms. The van der Waals surface area contributed by atoms with Crippen molar-refractivity contribution < 1.29 is 33.2 Å². The molecule has 0 saturated carbocycles. The van der Waals surface area contributed by atoms with Crippen LogP contribution in [0.2, 0.25) is 0 Å². The van der Waals surface area contributed by atoms with Crippen LogP contribution in [0.5, 0.6) is 11.5 Å². The normalized spacial score (nSPS) is 13.1. The summed E-state index contributed by atoms with van der Waals surface area (Å²) in [6, 6.07) is 17.6. The minimum atomic E-state index is -0.987. The highest BCUT2D eigenvalue weighted by Crippen LogP contribution is 2.42. The fraction of sp³-hybridized carbons (Fsp3) is 0.387. The van der Waals surface area contributed by atoms with E-state index in [0.29, 0.717) is 29.2 Å². The van der Waals surface area contributed by atoms with E-state index in [9.17, 15) is 9.90 Å². The minimum Gasteiger partial charge on any atom is -0.497 e. The van der Waals surface area contributed by atoms with Gasteiger partial charge in [-0.2, -0.15) is 0 Å². The number of carbonyl (C=O) groups excluding carboxylic acids is 1. The van der Waals surface area contributed by atoms with Crippen molar-refractivity contribution in [2.24, 2.45) is 5.41 Å². The summed E-state index contributed by atoms with van der Waals surface area (Å²) >= 11 is 0. The summed E-state index contributed by atoms with van der Waals surface area (Å²) in [6.07, 6.45) is -1.13. The maximum Gasteiger partial charge on any atom is 0.308 e. The molecule has 0 amide bonds. The number of aliphatic hydroxyl groups is 1. The molecule has 38 heavy (non-hydrogen) atoms. The van der Waals surface area contributed by atoms with Crippen molar-refractivity contribution in [3.63, 3.8) is 0 Å². The van der Waals surface area contributed by atoms with Crippen LogP contribution < -0.4 is 9.47 Å². The van der Waals surface area contributed by atoms with Crippen molar-refractivity contribution in [1.82, 2.24) is 0 Å². The lowest BCUT2D eigenvalue weighted by Crippen LogP contribution is -2.26. The van der Waals surface area contributed by atoms with Gasteiger partial charge in [0.1, 0.15) is 23.9 Å². The number of hydrogen-bond acceptors (Lipinski definition) is 6. The fourth-order valence-corrected chi connectivity index (χ4v) is 4.40. The van der Waals surface area contributed by atoms with Gasteiger partial charge in [0.05, 0.1) is 33.4 Å². The largest absolute Gasteiger partial charge is 0.497 e. The summed E-state index contributed by atoms with van der Waals surface area (Å²) < 4.78 is 36.5. The zero-order chi connectivity index (χ0) is 27.9. The first-order chi connectivity index (χ1) is 18.1. The van der Waals surface area contributed by atoms with Gasteiger partial charge in [-0.15, -0.1) is 0 Å². The predicted molar refractivity (Wildman–Crippen MR) is 145 cm³/mol. The van der Waals surface area contributed by atoms with Crippen LogP contribution >= 0.6 is 0 Å². The number of rotatable bonds is 12. The Bertz CT molecular complexity index is 1240. The second-order valence-electron chi connectivity index (χ2n) is 10.1. The third-order valence-corrected chi connectivity index (χ3v) is 6.97. The van der Waals surface area contributed by atoms with Gasteiger partial charge in [0, 0.05) is 12.7 Å². The Morgan fingerprint density at radius 1 is 0.974 bits per heavy atom. The van der Waals surface area contributed by atoms with Gasteiger partial charge < -0.3 is 24.1 Å². The molecule has 6 nitrogen and oxygen atoms in total. The molecule has 0 aromatic heterocycles. The van der Waals surface area contributed by atoms with E-state index in [1.54, 1.807) is 50.6 Å². The Morgan fingerprint density at radius 2 is 1.74 bits per heavy atom. The third-order valence-electron chi connectivity index (χ3n) is 6.97. The lowest BCUT2D eigenvalue weighted by molar-refractivity contribution is -0.142. The highest BCUT2D eigenvalue weighted by molar-refractivity contribution is 5.71. The standard InChI is InChI=1S/C31H37FO6/c1-20(31(2,3)19-35-4)26-14-21(10-12-25(26)27-16-23(36-5)11-13-28(27)32)18-38-24-9-7-8-22(15-24)29(33)17-30(34)37-6/h7-16,20,29,33H,17-19H2,1-6H3/t20?,29-/m1/s1. The second kappa shape index (κ2) is 12.9. The van der Waals surface area contributed by atoms with Crippen molar-refractivity contribution in [2.45, 2.75) is 45.8 Å². The molecule has 0 aliphatic rings. The van der Waals surface area contributed by atoms with Crippen LogP contribution in [-0.4, -0.2) is 39.0 Å². The highest BCUT2D eigenvalue weighted by Gasteiger charge is 2.30. The summed E-state index contributed by atoms with van der Waals surface area (Å²) in [5.74, 6) is 0.353. The molecule has 0 radical (unpaired) electrons. The van der Waals surface area contributed by atoms with Crippen molar-refractivity contribution in [3.8, 4) is 22.6 Å². The van der Waals surface area contributed by atoms with E-state index in [-0.39, 0.29) is 30.2 Å². The summed E-state index contributed by atoms with van der Waals surface area (Å²) in [5.41, 5.74) is 3.49. The van der Waals surface area contributed by atoms with E-state index in [1.165, 1.54) is 13.2 Å². The molecule has 3 aromatic rings. The van der Waals surface area contributed by atoms with Gasteiger partial charge in [-0.1, -0.05) is 51.1 Å². The van der Waals surface area contributed by atoms with E-state index < -0.39 is 12.1 Å². The number of halogens is 1. The number of carbonyl (C=O) groups is 1. The Balaban J connectivity index is 1.93. The molecule has 3 aromatic carbocycles. The van der Waals surface area contributed by atoms with Crippen molar-refractivity contribution in [3.05, 3.63) is 83.2 Å². The van der Waals surface area contributed by atoms with Crippen LogP contribution in [0.25, 0.3) is 11.1 Å². The molecule has 2 atom stereocenters. The SMILES string of the molecule is COCC(C)(C)C(C)c1cc(COc2cccc([C@H](O)CC(=O)OC)c2)ccc1-c1cc(OC)ccc1F. The molecular weight excluding hydrogens is 487 g/mol. The zero-order valence-corrected chi connectivity index (χ0v) is 22.9. The molecule has 204 valence electrons. The second-order valence-corrected chi connectivity index (χ2v) is 10.1. The van der Waals surface area contributed by atoms with E-state index in [0.717, 1.165) is 16.7 Å². The number of benzene rings is 3. The van der Waals surface area contributed by atoms with E-state index in [1.807, 2.05) is 18.2 Å². The van der Waals surface area contributed by atoms with Crippen molar-refractivity contribution in [1.29, 1.82) is 0 Å². The fourth-order valence-electron chi connectivity index (χ4n) is 4.40. The number of ether oxygens (including phenoxy) is 4. The number of esters is 1. The maximum absolute atomic E-state index is 15.0. The molecule has 0 spiro atoms. The Kier molecular flexibility index (Phi) is 9.89. The summed E-state index contributed by atoms with van der Waals surface area (Å²) in [4.78, 5) is 11.5. The van der Waals surface area contributed by atoms with Crippen LogP contribution in [0, 0.1) is 11.2 Å². The van der Waals surface area contributed by atoms with Gasteiger partial charge in [-0.05, 0) is 63.9 Å². The lowest BCUT2D eigenvalue weighted by atomic mass is 9.74. The number of aliphatic hydroxyl groups excluding tert-OH is 1. The molecule has 1 N–H and O–H groups in total. The zero-order valence-electron chi connectivity index (χ0n) is 22.9. The molecule has 3 rings (SSSR count). The monoisotopic (exact) mass is 524 g/mol. The first-order valence-electron chi connectivity index (χ1n) is 12.5. The van der Waals surface area contributed by atoms with Crippen LogP contribution in [0.1, 0.15) is 55.9 Å². The first kappa shape index (κ1) is 29.1. The number of methoxy groups -OCH3 is 3. The van der Waals surface area contributed by atoms with Gasteiger partial charge in [0.2, 0.25) is 0 Å². The first-order valence-corrected chi connectivity index (χ1v) is 12.5.